The zero-order valence-electron chi connectivity index (χ0n) is 10.3. The summed E-state index contributed by atoms with van der Waals surface area (Å²) in [4.78, 5) is 13.3. The van der Waals surface area contributed by atoms with E-state index in [1.807, 2.05) is 31.4 Å². The first-order valence-electron chi connectivity index (χ1n) is 5.72. The lowest BCUT2D eigenvalue weighted by Crippen LogP contribution is -2.17. The van der Waals surface area contributed by atoms with Crippen molar-refractivity contribution in [2.75, 3.05) is 5.32 Å². The lowest BCUT2D eigenvalue weighted by molar-refractivity contribution is -0.118. The van der Waals surface area contributed by atoms with Gasteiger partial charge in [-0.2, -0.15) is 4.52 Å². The van der Waals surface area contributed by atoms with E-state index in [-0.39, 0.29) is 11.8 Å². The second-order valence-electron chi connectivity index (χ2n) is 4.25. The molecule has 1 N–H and O–H groups in total. The van der Waals surface area contributed by atoms with Crippen LogP contribution in [0.4, 0.5) is 5.13 Å². The van der Waals surface area contributed by atoms with Crippen LogP contribution in [-0.4, -0.2) is 25.7 Å². The number of fused-ring (bicyclic) bond motifs is 1. The molecule has 0 saturated heterocycles. The standard InChI is InChI=1S/C11H11N5OS2/c1-6(2)9(17)12-10-15-16-8(7-4-3-5-18-7)13-14-11(16)19-10/h3-6H,1-2H3,(H,12,15,17). The van der Waals surface area contributed by atoms with Crippen molar-refractivity contribution in [3.05, 3.63) is 17.5 Å². The van der Waals surface area contributed by atoms with Gasteiger partial charge in [0.1, 0.15) is 0 Å². The number of thiophene rings is 1. The van der Waals surface area contributed by atoms with Crippen LogP contribution in [-0.2, 0) is 4.79 Å². The van der Waals surface area contributed by atoms with Crippen LogP contribution >= 0.6 is 22.7 Å². The molecule has 0 unspecified atom stereocenters. The lowest BCUT2D eigenvalue weighted by atomic mass is 10.2. The van der Waals surface area contributed by atoms with Gasteiger partial charge in [0.2, 0.25) is 16.0 Å². The predicted octanol–water partition coefficient (Wildman–Crippen LogP) is 2.51. The molecule has 0 atom stereocenters. The van der Waals surface area contributed by atoms with E-state index in [9.17, 15) is 4.79 Å². The van der Waals surface area contributed by atoms with Crippen LogP contribution in [0.3, 0.4) is 0 Å². The molecule has 0 fully saturated rings. The van der Waals surface area contributed by atoms with E-state index in [1.165, 1.54) is 11.3 Å². The first kappa shape index (κ1) is 12.2. The highest BCUT2D eigenvalue weighted by Gasteiger charge is 2.16. The quantitative estimate of drug-likeness (QED) is 0.805. The van der Waals surface area contributed by atoms with Crippen molar-refractivity contribution in [2.45, 2.75) is 13.8 Å². The maximum Gasteiger partial charge on any atom is 0.236 e. The van der Waals surface area contributed by atoms with E-state index >= 15 is 0 Å². The molecule has 8 heteroatoms. The number of carbonyl (C=O) groups excluding carboxylic acids is 1. The maximum atomic E-state index is 11.6. The molecule has 98 valence electrons. The Morgan fingerprint density at radius 3 is 2.95 bits per heavy atom. The van der Waals surface area contributed by atoms with Crippen LogP contribution in [0.25, 0.3) is 15.7 Å². The summed E-state index contributed by atoms with van der Waals surface area (Å²) in [5.41, 5.74) is 0. The summed E-state index contributed by atoms with van der Waals surface area (Å²) in [7, 11) is 0. The average molecular weight is 293 g/mol. The Morgan fingerprint density at radius 1 is 1.42 bits per heavy atom. The van der Waals surface area contributed by atoms with Gasteiger partial charge in [-0.05, 0) is 11.4 Å². The number of nitrogens with zero attached hydrogens (tertiary/aromatic N) is 4. The minimum absolute atomic E-state index is 0.0531. The normalized spacial score (nSPS) is 11.3. The molecule has 6 nitrogen and oxygen atoms in total. The largest absolute Gasteiger partial charge is 0.300 e. The molecule has 0 radical (unpaired) electrons. The van der Waals surface area contributed by atoms with Gasteiger partial charge in [-0.15, -0.1) is 26.6 Å². The highest BCUT2D eigenvalue weighted by molar-refractivity contribution is 7.20. The van der Waals surface area contributed by atoms with Crippen LogP contribution in [0, 0.1) is 5.92 Å². The van der Waals surface area contributed by atoms with Crippen LogP contribution in [0.1, 0.15) is 13.8 Å². The molecule has 0 aliphatic heterocycles. The van der Waals surface area contributed by atoms with E-state index in [2.05, 4.69) is 20.6 Å². The minimum Gasteiger partial charge on any atom is -0.300 e. The fourth-order valence-corrected chi connectivity index (χ4v) is 2.91. The number of carbonyl (C=O) groups is 1. The summed E-state index contributed by atoms with van der Waals surface area (Å²) in [6.45, 7) is 3.68. The SMILES string of the molecule is CC(C)C(=O)Nc1nn2c(-c3cccs3)nnc2s1. The highest BCUT2D eigenvalue weighted by atomic mass is 32.1. The molecule has 0 aliphatic carbocycles. The molecule has 3 aromatic rings. The van der Waals surface area contributed by atoms with Crippen LogP contribution in [0.2, 0.25) is 0 Å². The van der Waals surface area contributed by atoms with Crippen molar-refractivity contribution in [2.24, 2.45) is 5.92 Å². The highest BCUT2D eigenvalue weighted by Crippen LogP contribution is 2.26. The Bertz CT molecular complexity index is 713. The number of nitrogens with one attached hydrogen (secondary N) is 1. The summed E-state index contributed by atoms with van der Waals surface area (Å²) < 4.78 is 1.66. The summed E-state index contributed by atoms with van der Waals surface area (Å²) >= 11 is 2.89. The van der Waals surface area contributed by atoms with E-state index in [0.717, 1.165) is 4.88 Å². The molecule has 3 rings (SSSR count). The molecule has 0 saturated carbocycles. The van der Waals surface area contributed by atoms with Gasteiger partial charge < -0.3 is 5.32 Å². The van der Waals surface area contributed by atoms with Gasteiger partial charge in [0.05, 0.1) is 4.88 Å². The summed E-state index contributed by atoms with van der Waals surface area (Å²) in [5, 5.41) is 17.8. The molecule has 0 aromatic carbocycles. The lowest BCUT2D eigenvalue weighted by Gasteiger charge is -2.02. The molecule has 3 aromatic heterocycles. The first-order valence-corrected chi connectivity index (χ1v) is 7.42. The topological polar surface area (TPSA) is 72.2 Å². The van der Waals surface area contributed by atoms with Gasteiger partial charge in [0, 0.05) is 5.92 Å². The van der Waals surface area contributed by atoms with E-state index in [4.69, 9.17) is 0 Å². The van der Waals surface area contributed by atoms with Crippen molar-refractivity contribution in [3.8, 4) is 10.7 Å². The van der Waals surface area contributed by atoms with Crippen molar-refractivity contribution >= 4 is 38.7 Å². The van der Waals surface area contributed by atoms with Gasteiger partial charge in [-0.25, -0.2) is 0 Å². The minimum atomic E-state index is -0.0777. The number of hydrogen-bond acceptors (Lipinski definition) is 6. The number of anilines is 1. The molecule has 0 aliphatic rings. The van der Waals surface area contributed by atoms with Crippen molar-refractivity contribution < 1.29 is 4.79 Å². The molecular weight excluding hydrogens is 282 g/mol. The summed E-state index contributed by atoms with van der Waals surface area (Å²) in [6.07, 6.45) is 0. The average Bonchev–Trinajstić information content (AvgIpc) is 3.02. The number of amides is 1. The van der Waals surface area contributed by atoms with Gasteiger partial charge in [0.25, 0.3) is 0 Å². The zero-order valence-corrected chi connectivity index (χ0v) is 12.0. The number of aromatic nitrogens is 4. The van der Waals surface area contributed by atoms with Crippen molar-refractivity contribution in [1.82, 2.24) is 19.8 Å². The third-order valence-corrected chi connectivity index (χ3v) is 4.17. The monoisotopic (exact) mass is 293 g/mol. The maximum absolute atomic E-state index is 11.6. The smallest absolute Gasteiger partial charge is 0.236 e. The van der Waals surface area contributed by atoms with Crippen LogP contribution in [0.15, 0.2) is 17.5 Å². The van der Waals surface area contributed by atoms with Gasteiger partial charge >= 0.3 is 0 Å². The van der Waals surface area contributed by atoms with Crippen molar-refractivity contribution in [3.63, 3.8) is 0 Å². The van der Waals surface area contributed by atoms with Gasteiger partial charge in [-0.1, -0.05) is 31.3 Å². The predicted molar refractivity (Wildman–Crippen MR) is 75.4 cm³/mol. The Labute approximate surface area is 117 Å². The van der Waals surface area contributed by atoms with E-state index in [0.29, 0.717) is 15.9 Å². The summed E-state index contributed by atoms with van der Waals surface area (Å²) in [5.74, 6) is 0.569. The van der Waals surface area contributed by atoms with Crippen molar-refractivity contribution in [1.29, 1.82) is 0 Å². The second-order valence-corrected chi connectivity index (χ2v) is 6.15. The third-order valence-electron chi connectivity index (χ3n) is 2.49. The Balaban J connectivity index is 1.96. The molecule has 0 spiro atoms. The van der Waals surface area contributed by atoms with Gasteiger partial charge in [0.15, 0.2) is 5.82 Å². The van der Waals surface area contributed by atoms with E-state index < -0.39 is 0 Å². The Morgan fingerprint density at radius 2 is 2.26 bits per heavy atom. The number of rotatable bonds is 3. The first-order chi connectivity index (χ1) is 9.15. The molecule has 1 amide bonds. The second kappa shape index (κ2) is 4.71. The Hall–Kier alpha value is -1.80. The third kappa shape index (κ3) is 2.24. The zero-order chi connectivity index (χ0) is 13.4. The molecular formula is C11H11N5OS2. The molecule has 19 heavy (non-hydrogen) atoms. The van der Waals surface area contributed by atoms with Crippen LogP contribution < -0.4 is 5.32 Å². The van der Waals surface area contributed by atoms with Gasteiger partial charge in [-0.3, -0.25) is 4.79 Å². The Kier molecular flexibility index (Phi) is 3.03. The van der Waals surface area contributed by atoms with E-state index in [1.54, 1.807) is 15.9 Å². The number of hydrogen-bond donors (Lipinski definition) is 1. The molecule has 3 heterocycles. The fraction of sp³-hybridized carbons (Fsp3) is 0.273. The summed E-state index contributed by atoms with van der Waals surface area (Å²) in [6, 6.07) is 3.92. The fourth-order valence-electron chi connectivity index (χ4n) is 1.48. The van der Waals surface area contributed by atoms with Crippen LogP contribution in [0.5, 0.6) is 0 Å². The molecule has 0 bridgehead atoms.